The molecule has 0 aliphatic heterocycles. The standard InChI is InChI=1S/C13H15N3O4/c1-3-5-7-6-8(12(18)19)9-10(14-7)16(4-2)13(20)15-11(9)17/h6H,3-5H2,1-2H3,(H,18,19)(H,15,17,20). The van der Waals surface area contributed by atoms with Crippen molar-refractivity contribution in [3.05, 3.63) is 38.2 Å². The summed E-state index contributed by atoms with van der Waals surface area (Å²) in [7, 11) is 0. The number of rotatable bonds is 4. The molecule has 0 spiro atoms. The Morgan fingerprint density at radius 3 is 2.65 bits per heavy atom. The van der Waals surface area contributed by atoms with Gasteiger partial charge in [-0.2, -0.15) is 0 Å². The number of pyridine rings is 1. The van der Waals surface area contributed by atoms with Crippen molar-refractivity contribution in [2.24, 2.45) is 0 Å². The second-order valence-corrected chi connectivity index (χ2v) is 4.42. The number of fused-ring (bicyclic) bond motifs is 1. The van der Waals surface area contributed by atoms with Gasteiger partial charge in [0.1, 0.15) is 0 Å². The van der Waals surface area contributed by atoms with Gasteiger partial charge < -0.3 is 5.11 Å². The van der Waals surface area contributed by atoms with Crippen molar-refractivity contribution in [2.75, 3.05) is 0 Å². The summed E-state index contributed by atoms with van der Waals surface area (Å²) in [6, 6.07) is 1.40. The molecule has 7 nitrogen and oxygen atoms in total. The van der Waals surface area contributed by atoms with Crippen LogP contribution < -0.4 is 11.2 Å². The van der Waals surface area contributed by atoms with Gasteiger partial charge in [0.15, 0.2) is 5.65 Å². The van der Waals surface area contributed by atoms with Gasteiger partial charge in [-0.25, -0.2) is 14.6 Å². The summed E-state index contributed by atoms with van der Waals surface area (Å²) in [6.45, 7) is 3.97. The molecule has 0 fully saturated rings. The molecule has 0 amide bonds. The molecule has 2 aromatic rings. The third-order valence-corrected chi connectivity index (χ3v) is 3.05. The van der Waals surface area contributed by atoms with Crippen molar-refractivity contribution in [1.29, 1.82) is 0 Å². The van der Waals surface area contributed by atoms with Crippen molar-refractivity contribution in [1.82, 2.24) is 14.5 Å². The molecule has 2 N–H and O–H groups in total. The van der Waals surface area contributed by atoms with E-state index in [4.69, 9.17) is 0 Å². The van der Waals surface area contributed by atoms with Crippen LogP contribution in [0.2, 0.25) is 0 Å². The first-order valence-electron chi connectivity index (χ1n) is 6.39. The molecule has 0 atom stereocenters. The Hall–Kier alpha value is -2.44. The summed E-state index contributed by atoms with van der Waals surface area (Å²) in [5, 5.41) is 9.21. The van der Waals surface area contributed by atoms with Gasteiger partial charge in [-0.1, -0.05) is 13.3 Å². The highest BCUT2D eigenvalue weighted by molar-refractivity contribution is 6.01. The normalized spacial score (nSPS) is 10.9. The maximum Gasteiger partial charge on any atom is 0.336 e. The van der Waals surface area contributed by atoms with Crippen molar-refractivity contribution < 1.29 is 9.90 Å². The van der Waals surface area contributed by atoms with Gasteiger partial charge in [0, 0.05) is 12.2 Å². The monoisotopic (exact) mass is 277 g/mol. The van der Waals surface area contributed by atoms with Crippen molar-refractivity contribution in [3.63, 3.8) is 0 Å². The lowest BCUT2D eigenvalue weighted by Crippen LogP contribution is -2.31. The zero-order valence-electron chi connectivity index (χ0n) is 11.3. The third kappa shape index (κ3) is 2.22. The van der Waals surface area contributed by atoms with Crippen LogP contribution in [0.4, 0.5) is 0 Å². The van der Waals surface area contributed by atoms with Crippen LogP contribution in [-0.2, 0) is 13.0 Å². The summed E-state index contributed by atoms with van der Waals surface area (Å²) in [5.41, 5.74) is -0.735. The number of hydrogen-bond acceptors (Lipinski definition) is 4. The summed E-state index contributed by atoms with van der Waals surface area (Å²) in [5.74, 6) is -1.21. The van der Waals surface area contributed by atoms with Crippen LogP contribution in [0.25, 0.3) is 11.0 Å². The molecule has 0 aliphatic carbocycles. The fourth-order valence-corrected chi connectivity index (χ4v) is 2.17. The highest BCUT2D eigenvalue weighted by Crippen LogP contribution is 2.15. The molecule has 20 heavy (non-hydrogen) atoms. The number of carboxylic acid groups (broad SMARTS) is 1. The molecule has 0 aromatic carbocycles. The smallest absolute Gasteiger partial charge is 0.336 e. The molecule has 106 valence electrons. The molecule has 0 radical (unpaired) electrons. The van der Waals surface area contributed by atoms with Gasteiger partial charge in [-0.15, -0.1) is 0 Å². The lowest BCUT2D eigenvalue weighted by molar-refractivity contribution is 0.0698. The fraction of sp³-hybridized carbons (Fsp3) is 0.385. The van der Waals surface area contributed by atoms with Gasteiger partial charge >= 0.3 is 11.7 Å². The molecule has 2 rings (SSSR count). The topological polar surface area (TPSA) is 105 Å². The van der Waals surface area contributed by atoms with E-state index in [0.29, 0.717) is 18.7 Å². The number of nitrogens with zero attached hydrogens (tertiary/aromatic N) is 2. The molecule has 2 aromatic heterocycles. The van der Waals surface area contributed by atoms with E-state index >= 15 is 0 Å². The number of aromatic amines is 1. The van der Waals surface area contributed by atoms with E-state index in [-0.39, 0.29) is 16.6 Å². The lowest BCUT2D eigenvalue weighted by atomic mass is 10.1. The number of carboxylic acids is 1. The van der Waals surface area contributed by atoms with Gasteiger partial charge in [0.25, 0.3) is 5.56 Å². The number of aromatic carboxylic acids is 1. The summed E-state index contributed by atoms with van der Waals surface area (Å²) < 4.78 is 1.27. The number of nitrogens with one attached hydrogen (secondary N) is 1. The molecule has 0 aliphatic rings. The molecular formula is C13H15N3O4. The minimum Gasteiger partial charge on any atom is -0.478 e. The average Bonchev–Trinajstić information content (AvgIpc) is 2.38. The number of aryl methyl sites for hydroxylation is 2. The molecule has 2 heterocycles. The Balaban J connectivity index is 3.00. The van der Waals surface area contributed by atoms with Crippen molar-refractivity contribution in [2.45, 2.75) is 33.2 Å². The minimum atomic E-state index is -1.21. The van der Waals surface area contributed by atoms with E-state index in [2.05, 4.69) is 9.97 Å². The second-order valence-electron chi connectivity index (χ2n) is 4.42. The summed E-state index contributed by atoms with van der Waals surface area (Å²) >= 11 is 0. The maximum atomic E-state index is 11.9. The lowest BCUT2D eigenvalue weighted by Gasteiger charge is -2.10. The first kappa shape index (κ1) is 14.0. The average molecular weight is 277 g/mol. The summed E-state index contributed by atoms with van der Waals surface area (Å²) in [6.07, 6.45) is 1.37. The largest absolute Gasteiger partial charge is 0.478 e. The summed E-state index contributed by atoms with van der Waals surface area (Å²) in [4.78, 5) is 41.4. The molecule has 0 bridgehead atoms. The zero-order chi connectivity index (χ0) is 14.9. The van der Waals surface area contributed by atoms with E-state index in [9.17, 15) is 19.5 Å². The first-order valence-corrected chi connectivity index (χ1v) is 6.39. The zero-order valence-corrected chi connectivity index (χ0v) is 11.3. The van der Waals surface area contributed by atoms with Gasteiger partial charge in [-0.3, -0.25) is 14.3 Å². The van der Waals surface area contributed by atoms with Crippen LogP contribution in [-0.4, -0.2) is 25.6 Å². The predicted molar refractivity (Wildman–Crippen MR) is 73.3 cm³/mol. The molecular weight excluding hydrogens is 262 g/mol. The van der Waals surface area contributed by atoms with E-state index < -0.39 is 17.2 Å². The van der Waals surface area contributed by atoms with Gasteiger partial charge in [0.05, 0.1) is 10.9 Å². The number of aromatic nitrogens is 3. The predicted octanol–water partition coefficient (Wildman–Crippen LogP) is 0.755. The Morgan fingerprint density at radius 1 is 1.40 bits per heavy atom. The van der Waals surface area contributed by atoms with Crippen LogP contribution in [0.15, 0.2) is 15.7 Å². The fourth-order valence-electron chi connectivity index (χ4n) is 2.17. The first-order chi connectivity index (χ1) is 9.49. The van der Waals surface area contributed by atoms with Crippen molar-refractivity contribution in [3.8, 4) is 0 Å². The van der Waals surface area contributed by atoms with E-state index in [1.165, 1.54) is 10.6 Å². The highest BCUT2D eigenvalue weighted by atomic mass is 16.4. The van der Waals surface area contributed by atoms with Crippen LogP contribution in [0.1, 0.15) is 36.3 Å². The Bertz CT molecular complexity index is 789. The molecule has 0 saturated carbocycles. The number of hydrogen-bond donors (Lipinski definition) is 2. The van der Waals surface area contributed by atoms with E-state index in [1.807, 2.05) is 6.92 Å². The van der Waals surface area contributed by atoms with Crippen LogP contribution in [0.3, 0.4) is 0 Å². The van der Waals surface area contributed by atoms with Crippen LogP contribution >= 0.6 is 0 Å². The minimum absolute atomic E-state index is 0.0567. The Kier molecular flexibility index (Phi) is 3.69. The molecule has 0 saturated heterocycles. The Morgan fingerprint density at radius 2 is 2.10 bits per heavy atom. The van der Waals surface area contributed by atoms with Gasteiger partial charge in [-0.05, 0) is 19.4 Å². The molecule has 7 heteroatoms. The molecule has 0 unspecified atom stereocenters. The highest BCUT2D eigenvalue weighted by Gasteiger charge is 2.18. The van der Waals surface area contributed by atoms with Crippen molar-refractivity contribution >= 4 is 17.0 Å². The third-order valence-electron chi connectivity index (χ3n) is 3.05. The number of H-pyrrole nitrogens is 1. The Labute approximate surface area is 113 Å². The maximum absolute atomic E-state index is 11.9. The van der Waals surface area contributed by atoms with E-state index in [1.54, 1.807) is 6.92 Å². The van der Waals surface area contributed by atoms with Crippen LogP contribution in [0.5, 0.6) is 0 Å². The second kappa shape index (κ2) is 5.28. The van der Waals surface area contributed by atoms with E-state index in [0.717, 1.165) is 6.42 Å². The SMILES string of the molecule is CCCc1cc(C(=O)O)c2c(=O)[nH]c(=O)n(CC)c2n1. The van der Waals surface area contributed by atoms with Gasteiger partial charge in [0.2, 0.25) is 0 Å². The van der Waals surface area contributed by atoms with Crippen LogP contribution in [0, 0.1) is 0 Å². The quantitative estimate of drug-likeness (QED) is 0.858. The number of carbonyl (C=O) groups is 1.